The van der Waals surface area contributed by atoms with Gasteiger partial charge in [0.2, 0.25) is 0 Å². The Morgan fingerprint density at radius 3 is 2.07 bits per heavy atom. The third-order valence-electron chi connectivity index (χ3n) is 1.17. The molecule has 4 nitrogen and oxygen atoms in total. The summed E-state index contributed by atoms with van der Waals surface area (Å²) in [7, 11) is 1.37. The summed E-state index contributed by atoms with van der Waals surface area (Å²) in [5.74, 6) is 0.109. The second kappa shape index (κ2) is 11.7. The van der Waals surface area contributed by atoms with Gasteiger partial charge < -0.3 is 9.47 Å². The molecule has 0 spiro atoms. The Hall–Kier alpha value is -0.360. The Kier molecular flexibility index (Phi) is 13.3. The number of carbonyl (C=O) groups is 2. The molecule has 0 aliphatic carbocycles. The highest BCUT2D eigenvalue weighted by Gasteiger charge is 2.06. The predicted molar refractivity (Wildman–Crippen MR) is 65.6 cm³/mol. The van der Waals surface area contributed by atoms with Crippen LogP contribution in [0.1, 0.15) is 20.3 Å². The van der Waals surface area contributed by atoms with Crippen LogP contribution in [0.4, 0.5) is 0 Å². The Balaban J connectivity index is 0. The van der Waals surface area contributed by atoms with Crippen molar-refractivity contribution in [3.05, 3.63) is 0 Å². The molecule has 0 aliphatic rings. The van der Waals surface area contributed by atoms with Gasteiger partial charge in [-0.1, -0.05) is 0 Å². The molecular weight excluding hydrogens is 236 g/mol. The summed E-state index contributed by atoms with van der Waals surface area (Å²) in [6, 6.07) is 0. The van der Waals surface area contributed by atoms with Gasteiger partial charge in [0.1, 0.15) is 0 Å². The van der Waals surface area contributed by atoms with Crippen molar-refractivity contribution in [2.24, 2.45) is 0 Å². The van der Waals surface area contributed by atoms with E-state index < -0.39 is 0 Å². The zero-order valence-electron chi connectivity index (χ0n) is 9.23. The first kappa shape index (κ1) is 17.0. The highest BCUT2D eigenvalue weighted by atomic mass is 32.1. The lowest BCUT2D eigenvalue weighted by Gasteiger charge is -2.01. The highest BCUT2D eigenvalue weighted by Crippen LogP contribution is 1.94. The number of esters is 2. The zero-order chi connectivity index (χ0) is 12.3. The summed E-state index contributed by atoms with van der Waals surface area (Å²) in [5, 5.41) is -0.296. The average Bonchev–Trinajstić information content (AvgIpc) is 2.19. The zero-order valence-corrected chi connectivity index (χ0v) is 11.0. The molecule has 0 heterocycles. The van der Waals surface area contributed by atoms with Gasteiger partial charge in [0.25, 0.3) is 0 Å². The van der Waals surface area contributed by atoms with E-state index in [4.69, 9.17) is 0 Å². The largest absolute Gasteiger partial charge is 0.469 e. The van der Waals surface area contributed by atoms with E-state index in [1.807, 2.05) is 0 Å². The van der Waals surface area contributed by atoms with E-state index in [-0.39, 0.29) is 17.2 Å². The number of carbonyl (C=O) groups excluding carboxylic acids is 2. The lowest BCUT2D eigenvalue weighted by atomic mass is 10.5. The maximum atomic E-state index is 10.4. The maximum absolute atomic E-state index is 10.4. The van der Waals surface area contributed by atoms with Crippen LogP contribution in [-0.4, -0.2) is 36.7 Å². The molecule has 0 aromatic rings. The molecule has 0 bridgehead atoms. The van der Waals surface area contributed by atoms with E-state index in [9.17, 15) is 9.59 Å². The van der Waals surface area contributed by atoms with Gasteiger partial charge in [-0.3, -0.25) is 9.59 Å². The third kappa shape index (κ3) is 13.6. The summed E-state index contributed by atoms with van der Waals surface area (Å²) >= 11 is 7.67. The molecule has 0 aromatic heterocycles. The van der Waals surface area contributed by atoms with Crippen molar-refractivity contribution in [1.29, 1.82) is 0 Å². The Bertz CT molecular complexity index is 183. The van der Waals surface area contributed by atoms with Gasteiger partial charge in [0, 0.05) is 5.75 Å². The van der Waals surface area contributed by atoms with E-state index in [0.717, 1.165) is 0 Å². The van der Waals surface area contributed by atoms with Crippen LogP contribution in [0.2, 0.25) is 0 Å². The number of ether oxygens (including phenoxy) is 2. The molecule has 0 amide bonds. The number of thiol groups is 2. The molecule has 0 N–H and O–H groups in total. The first-order chi connectivity index (χ1) is 6.99. The Morgan fingerprint density at radius 1 is 1.40 bits per heavy atom. The van der Waals surface area contributed by atoms with Crippen molar-refractivity contribution in [2.45, 2.75) is 25.5 Å². The van der Waals surface area contributed by atoms with Gasteiger partial charge in [-0.05, 0) is 13.8 Å². The van der Waals surface area contributed by atoms with Crippen LogP contribution in [-0.2, 0) is 19.1 Å². The minimum Gasteiger partial charge on any atom is -0.469 e. The van der Waals surface area contributed by atoms with Gasteiger partial charge in [0.15, 0.2) is 0 Å². The van der Waals surface area contributed by atoms with Crippen LogP contribution in [0, 0.1) is 0 Å². The van der Waals surface area contributed by atoms with Crippen molar-refractivity contribution in [3.63, 3.8) is 0 Å². The van der Waals surface area contributed by atoms with E-state index in [1.54, 1.807) is 13.8 Å². The number of methoxy groups -OCH3 is 1. The van der Waals surface area contributed by atoms with Crippen LogP contribution in [0.15, 0.2) is 0 Å². The molecule has 0 saturated heterocycles. The number of hydrogen-bond donors (Lipinski definition) is 2. The molecule has 6 heteroatoms. The summed E-state index contributed by atoms with van der Waals surface area (Å²) < 4.78 is 8.89. The fraction of sp³-hybridized carbons (Fsp3) is 0.778. The minimum atomic E-state index is -0.296. The smallest absolute Gasteiger partial charge is 0.318 e. The second-order valence-electron chi connectivity index (χ2n) is 2.48. The molecular formula is C9H18O4S2. The van der Waals surface area contributed by atoms with Crippen LogP contribution in [0.3, 0.4) is 0 Å². The van der Waals surface area contributed by atoms with Crippen molar-refractivity contribution >= 4 is 37.2 Å². The standard InChI is InChI=1S/C5H10O2S.C4H8O2S/c1-3-7-5(6)4(2)8;1-6-4(5)2-3-7/h4,8H,3H2,1-2H3;7H,2-3H2,1H3. The second-order valence-corrected chi connectivity index (χ2v) is 3.70. The number of hydrogen-bond acceptors (Lipinski definition) is 6. The van der Waals surface area contributed by atoms with Crippen LogP contribution >= 0.6 is 25.3 Å². The molecule has 0 aromatic carbocycles. The van der Waals surface area contributed by atoms with Crippen molar-refractivity contribution in [1.82, 2.24) is 0 Å². The van der Waals surface area contributed by atoms with E-state index >= 15 is 0 Å². The molecule has 0 radical (unpaired) electrons. The first-order valence-corrected chi connectivity index (χ1v) is 5.66. The molecule has 0 saturated carbocycles. The molecule has 1 atom stereocenters. The quantitative estimate of drug-likeness (QED) is 0.587. The molecule has 0 fully saturated rings. The van der Waals surface area contributed by atoms with Crippen molar-refractivity contribution < 1.29 is 19.1 Å². The third-order valence-corrected chi connectivity index (χ3v) is 1.61. The summed E-state index contributed by atoms with van der Waals surface area (Å²) in [5.41, 5.74) is 0. The fourth-order valence-corrected chi connectivity index (χ4v) is 0.713. The predicted octanol–water partition coefficient (Wildman–Crippen LogP) is 1.35. The number of rotatable bonds is 4. The van der Waals surface area contributed by atoms with Gasteiger partial charge in [-0.2, -0.15) is 25.3 Å². The molecule has 0 aliphatic heterocycles. The minimum absolute atomic E-state index is 0.199. The topological polar surface area (TPSA) is 52.6 Å². The maximum Gasteiger partial charge on any atom is 0.318 e. The van der Waals surface area contributed by atoms with Gasteiger partial charge in [-0.25, -0.2) is 0 Å². The Morgan fingerprint density at radius 2 is 1.93 bits per heavy atom. The van der Waals surface area contributed by atoms with E-state index in [1.165, 1.54) is 7.11 Å². The van der Waals surface area contributed by atoms with Gasteiger partial charge in [-0.15, -0.1) is 0 Å². The molecule has 0 rings (SSSR count). The van der Waals surface area contributed by atoms with Crippen LogP contribution in [0.25, 0.3) is 0 Å². The molecule has 1 unspecified atom stereocenters. The monoisotopic (exact) mass is 254 g/mol. The molecule has 15 heavy (non-hydrogen) atoms. The Labute approximate surface area is 102 Å². The van der Waals surface area contributed by atoms with Crippen LogP contribution < -0.4 is 0 Å². The van der Waals surface area contributed by atoms with E-state index in [0.29, 0.717) is 18.8 Å². The van der Waals surface area contributed by atoms with E-state index in [2.05, 4.69) is 34.7 Å². The SMILES string of the molecule is CCOC(=O)C(C)S.COC(=O)CCS. The lowest BCUT2D eigenvalue weighted by molar-refractivity contribution is -0.142. The summed E-state index contributed by atoms with van der Waals surface area (Å²) in [6.45, 7) is 3.89. The molecule has 90 valence electrons. The van der Waals surface area contributed by atoms with Crippen molar-refractivity contribution in [2.75, 3.05) is 19.5 Å². The first-order valence-electron chi connectivity index (χ1n) is 4.51. The highest BCUT2D eigenvalue weighted by molar-refractivity contribution is 7.81. The van der Waals surface area contributed by atoms with Gasteiger partial charge in [0.05, 0.1) is 25.4 Å². The van der Waals surface area contributed by atoms with Crippen LogP contribution in [0.5, 0.6) is 0 Å². The summed E-state index contributed by atoms with van der Waals surface area (Å²) in [4.78, 5) is 20.6. The van der Waals surface area contributed by atoms with Crippen molar-refractivity contribution in [3.8, 4) is 0 Å². The normalized spacial score (nSPS) is 10.7. The average molecular weight is 254 g/mol. The summed E-state index contributed by atoms with van der Waals surface area (Å²) in [6.07, 6.45) is 0.402. The lowest BCUT2D eigenvalue weighted by Crippen LogP contribution is -2.13. The van der Waals surface area contributed by atoms with Gasteiger partial charge >= 0.3 is 11.9 Å². The fourth-order valence-electron chi connectivity index (χ4n) is 0.456.